The number of benzene rings is 4. The van der Waals surface area contributed by atoms with Gasteiger partial charge in [-0.1, -0.05) is 50.2 Å². The molecular formula is C36H36BrIN2O4S2. The van der Waals surface area contributed by atoms with E-state index in [0.717, 1.165) is 76.4 Å². The summed E-state index contributed by atoms with van der Waals surface area (Å²) in [5.41, 5.74) is 3.68. The second-order valence-corrected chi connectivity index (χ2v) is 14.9. The van der Waals surface area contributed by atoms with Crippen molar-refractivity contribution in [1.82, 2.24) is 0 Å². The normalized spacial score (nSPS) is 17.6. The minimum Gasteiger partial charge on any atom is -0.496 e. The third kappa shape index (κ3) is 7.40. The van der Waals surface area contributed by atoms with Crippen LogP contribution in [-0.2, 0) is 9.59 Å². The molecule has 0 N–H and O–H groups in total. The van der Waals surface area contributed by atoms with Gasteiger partial charge in [0.15, 0.2) is 0 Å². The van der Waals surface area contributed by atoms with Crippen molar-refractivity contribution in [2.45, 2.75) is 36.5 Å². The van der Waals surface area contributed by atoms with Crippen LogP contribution < -0.4 is 19.3 Å². The zero-order valence-corrected chi connectivity index (χ0v) is 31.5. The number of nitrogens with zero attached hydrogens (tertiary/aromatic N) is 2. The van der Waals surface area contributed by atoms with Crippen molar-refractivity contribution in [2.75, 3.05) is 35.5 Å². The van der Waals surface area contributed by atoms with Gasteiger partial charge in [0.25, 0.3) is 0 Å². The SMILES string of the molecule is CCC1CSc2cc(OC)c(Br)cc2N(c2ccccc2)C1=O.CCC1CSc2cc(OC)c(I)cc2N(c2ccccc2)C1=O. The Balaban J connectivity index is 0.000000181. The summed E-state index contributed by atoms with van der Waals surface area (Å²) in [7, 11) is 3.34. The first kappa shape index (κ1) is 34.7. The van der Waals surface area contributed by atoms with Crippen LogP contribution in [0.2, 0.25) is 0 Å². The number of amides is 2. The van der Waals surface area contributed by atoms with Crippen LogP contribution in [0, 0.1) is 15.4 Å². The molecule has 46 heavy (non-hydrogen) atoms. The Morgan fingerprint density at radius 1 is 0.717 bits per heavy atom. The van der Waals surface area contributed by atoms with Gasteiger partial charge in [-0.25, -0.2) is 0 Å². The van der Waals surface area contributed by atoms with Crippen molar-refractivity contribution in [1.29, 1.82) is 0 Å². The molecule has 0 saturated heterocycles. The summed E-state index contributed by atoms with van der Waals surface area (Å²) < 4.78 is 12.7. The number of carbonyl (C=O) groups is 2. The van der Waals surface area contributed by atoms with E-state index in [1.165, 1.54) is 0 Å². The Bertz CT molecular complexity index is 1570. The Kier molecular flexibility index (Phi) is 12.0. The molecule has 6 nitrogen and oxygen atoms in total. The van der Waals surface area contributed by atoms with Crippen molar-refractivity contribution in [2.24, 2.45) is 11.8 Å². The lowest BCUT2D eigenvalue weighted by Crippen LogP contribution is -2.32. The van der Waals surface area contributed by atoms with Crippen LogP contribution in [0.15, 0.2) is 99.2 Å². The van der Waals surface area contributed by atoms with E-state index in [0.29, 0.717) is 0 Å². The van der Waals surface area contributed by atoms with E-state index in [1.54, 1.807) is 37.7 Å². The highest BCUT2D eigenvalue weighted by molar-refractivity contribution is 14.1. The highest BCUT2D eigenvalue weighted by Crippen LogP contribution is 2.46. The van der Waals surface area contributed by atoms with Gasteiger partial charge in [0.2, 0.25) is 11.8 Å². The molecule has 0 aromatic heterocycles. The number of halogens is 2. The lowest BCUT2D eigenvalue weighted by atomic mass is 10.1. The average molecular weight is 832 g/mol. The van der Waals surface area contributed by atoms with Crippen LogP contribution in [0.3, 0.4) is 0 Å². The first-order valence-corrected chi connectivity index (χ1v) is 18.9. The lowest BCUT2D eigenvalue weighted by Gasteiger charge is -2.25. The van der Waals surface area contributed by atoms with Crippen LogP contribution in [0.1, 0.15) is 26.7 Å². The number of methoxy groups -OCH3 is 2. The van der Waals surface area contributed by atoms with Gasteiger partial charge >= 0.3 is 0 Å². The fourth-order valence-corrected chi connectivity index (χ4v) is 9.00. The van der Waals surface area contributed by atoms with Crippen LogP contribution in [-0.4, -0.2) is 37.5 Å². The maximum atomic E-state index is 13.1. The highest BCUT2D eigenvalue weighted by atomic mass is 127. The monoisotopic (exact) mass is 830 g/mol. The Morgan fingerprint density at radius 3 is 1.59 bits per heavy atom. The molecule has 4 aromatic rings. The van der Waals surface area contributed by atoms with E-state index >= 15 is 0 Å². The average Bonchev–Trinajstić information content (AvgIpc) is 3.30. The van der Waals surface area contributed by atoms with Crippen LogP contribution in [0.4, 0.5) is 22.7 Å². The van der Waals surface area contributed by atoms with Crippen LogP contribution in [0.25, 0.3) is 0 Å². The molecule has 2 atom stereocenters. The number of carbonyl (C=O) groups excluding carboxylic acids is 2. The Labute approximate surface area is 301 Å². The predicted octanol–water partition coefficient (Wildman–Crippen LogP) is 10.4. The fourth-order valence-electron chi connectivity index (χ4n) is 5.34. The molecule has 6 rings (SSSR count). The van der Waals surface area contributed by atoms with Crippen LogP contribution in [0.5, 0.6) is 11.5 Å². The van der Waals surface area contributed by atoms with E-state index in [2.05, 4.69) is 52.4 Å². The minimum absolute atomic E-state index is 0.0115. The van der Waals surface area contributed by atoms with Crippen molar-refractivity contribution in [3.8, 4) is 11.5 Å². The fraction of sp³-hybridized carbons (Fsp3) is 0.278. The maximum absolute atomic E-state index is 13.1. The molecule has 2 heterocycles. The number of hydrogen-bond acceptors (Lipinski definition) is 6. The maximum Gasteiger partial charge on any atom is 0.235 e. The molecule has 0 spiro atoms. The zero-order chi connectivity index (χ0) is 32.8. The molecule has 2 aliphatic rings. The van der Waals surface area contributed by atoms with Gasteiger partial charge in [0, 0.05) is 44.5 Å². The minimum atomic E-state index is 0.0115. The first-order valence-electron chi connectivity index (χ1n) is 15.1. The van der Waals surface area contributed by atoms with E-state index < -0.39 is 0 Å². The smallest absolute Gasteiger partial charge is 0.235 e. The molecular weight excluding hydrogens is 795 g/mol. The molecule has 0 aliphatic carbocycles. The van der Waals surface area contributed by atoms with E-state index in [9.17, 15) is 9.59 Å². The van der Waals surface area contributed by atoms with Gasteiger partial charge in [-0.2, -0.15) is 0 Å². The van der Waals surface area contributed by atoms with E-state index in [-0.39, 0.29) is 23.7 Å². The summed E-state index contributed by atoms with van der Waals surface area (Å²) in [5, 5.41) is 0. The summed E-state index contributed by atoms with van der Waals surface area (Å²) in [6, 6.07) is 27.8. The molecule has 4 aromatic carbocycles. The molecule has 0 radical (unpaired) electrons. The lowest BCUT2D eigenvalue weighted by molar-refractivity contribution is -0.121. The van der Waals surface area contributed by atoms with E-state index in [4.69, 9.17) is 9.47 Å². The summed E-state index contributed by atoms with van der Waals surface area (Å²) in [5.74, 6) is 3.59. The molecule has 10 heteroatoms. The number of fused-ring (bicyclic) bond motifs is 2. The molecule has 0 saturated carbocycles. The van der Waals surface area contributed by atoms with E-state index in [1.807, 2.05) is 94.7 Å². The first-order chi connectivity index (χ1) is 22.3. The predicted molar refractivity (Wildman–Crippen MR) is 203 cm³/mol. The second-order valence-electron chi connectivity index (χ2n) is 10.8. The van der Waals surface area contributed by atoms with Crippen molar-refractivity contribution < 1.29 is 19.1 Å². The standard InChI is InChI=1S/C18H18BrNO2S.C18H18INO2S/c2*1-3-12-11-23-17-10-16(22-2)14(19)9-15(17)20(18(12)21)13-7-5-4-6-8-13/h2*4-10,12H,3,11H2,1-2H3. The van der Waals surface area contributed by atoms with Gasteiger partial charge in [-0.15, -0.1) is 23.5 Å². The zero-order valence-electron chi connectivity index (χ0n) is 26.2. The quantitative estimate of drug-likeness (QED) is 0.181. The van der Waals surface area contributed by atoms with Gasteiger partial charge in [-0.3, -0.25) is 19.4 Å². The number of para-hydroxylation sites is 2. The summed E-state index contributed by atoms with van der Waals surface area (Å²) >= 11 is 9.26. The highest BCUT2D eigenvalue weighted by Gasteiger charge is 2.33. The van der Waals surface area contributed by atoms with Gasteiger partial charge in [0.1, 0.15) is 11.5 Å². The molecule has 2 aliphatic heterocycles. The topological polar surface area (TPSA) is 59.1 Å². The summed E-state index contributed by atoms with van der Waals surface area (Å²) in [6.45, 7) is 4.14. The summed E-state index contributed by atoms with van der Waals surface area (Å²) in [6.07, 6.45) is 1.68. The number of anilines is 4. The molecule has 2 amide bonds. The van der Waals surface area contributed by atoms with Gasteiger partial charge in [0.05, 0.1) is 33.6 Å². The Hall–Kier alpha value is -2.67. The molecule has 0 bridgehead atoms. The second kappa shape index (κ2) is 16.0. The Morgan fingerprint density at radius 2 is 1.15 bits per heavy atom. The van der Waals surface area contributed by atoms with Crippen molar-refractivity contribution in [3.05, 3.63) is 93.0 Å². The van der Waals surface area contributed by atoms with Crippen LogP contribution >= 0.6 is 62.0 Å². The number of hydrogen-bond donors (Lipinski definition) is 0. The number of thioether (sulfide) groups is 2. The number of ether oxygens (including phenoxy) is 2. The van der Waals surface area contributed by atoms with Crippen molar-refractivity contribution in [3.63, 3.8) is 0 Å². The third-order valence-electron chi connectivity index (χ3n) is 7.98. The summed E-state index contributed by atoms with van der Waals surface area (Å²) in [4.78, 5) is 32.0. The largest absolute Gasteiger partial charge is 0.496 e. The van der Waals surface area contributed by atoms with Crippen molar-refractivity contribution >= 4 is 96.6 Å². The number of rotatable bonds is 6. The molecule has 2 unspecified atom stereocenters. The van der Waals surface area contributed by atoms with Gasteiger partial charge in [-0.05, 0) is 99.9 Å². The third-order valence-corrected chi connectivity index (χ3v) is 11.9. The van der Waals surface area contributed by atoms with Gasteiger partial charge < -0.3 is 9.47 Å². The molecule has 0 fully saturated rings. The molecule has 240 valence electrons.